The fraction of sp³-hybridized carbons (Fsp3) is 0.676. The van der Waals surface area contributed by atoms with Crippen LogP contribution in [0, 0.1) is 0 Å². The average molecular weight is 1070 g/mol. The van der Waals surface area contributed by atoms with Crippen molar-refractivity contribution in [2.24, 2.45) is 0 Å². The highest BCUT2D eigenvalue weighted by atomic mass is 16.6. The maximum Gasteiger partial charge on any atom is 0.309 e. The van der Waals surface area contributed by atoms with E-state index in [2.05, 4.69) is 130 Å². The number of ether oxygens (including phenoxy) is 3. The van der Waals surface area contributed by atoms with Gasteiger partial charge >= 0.3 is 17.9 Å². The molecule has 0 rings (SSSR count). The van der Waals surface area contributed by atoms with Crippen LogP contribution in [0.1, 0.15) is 290 Å². The van der Waals surface area contributed by atoms with Gasteiger partial charge in [-0.05, 0) is 116 Å². The predicted molar refractivity (Wildman–Crippen MR) is 334 cm³/mol. The minimum absolute atomic E-state index is 0.116. The van der Waals surface area contributed by atoms with Crippen molar-refractivity contribution < 1.29 is 28.6 Å². The molecule has 0 bridgehead atoms. The fourth-order valence-corrected chi connectivity index (χ4v) is 8.67. The number of carbonyl (C=O) groups is 3. The van der Waals surface area contributed by atoms with Gasteiger partial charge in [0.25, 0.3) is 0 Å². The van der Waals surface area contributed by atoms with Gasteiger partial charge in [-0.15, -0.1) is 0 Å². The van der Waals surface area contributed by atoms with Crippen molar-refractivity contribution >= 4 is 17.9 Å². The van der Waals surface area contributed by atoms with Crippen LogP contribution in [-0.2, 0) is 28.6 Å². The SMILES string of the molecule is CC/C=C\C/C=C\C/C=C\C/C=C\C/C=C\CC(=O)OCC(COC(=O)CCCCCCCCCC/C=C\C/C=C\C/C=C\CCCCCCC)OC(=O)CCCCCCCCCCC/C=C\C/C=C\CCCCCCC. The zero-order valence-corrected chi connectivity index (χ0v) is 50.2. The number of carbonyl (C=O) groups excluding carboxylic acids is 3. The molecule has 0 aromatic rings. The Morgan fingerprint density at radius 1 is 0.286 bits per heavy atom. The van der Waals surface area contributed by atoms with Gasteiger partial charge in [0.15, 0.2) is 6.10 Å². The van der Waals surface area contributed by atoms with Gasteiger partial charge in [-0.1, -0.05) is 277 Å². The van der Waals surface area contributed by atoms with E-state index in [1.54, 1.807) is 6.08 Å². The molecule has 0 amide bonds. The molecule has 1 unspecified atom stereocenters. The third kappa shape index (κ3) is 62.5. The number of esters is 3. The fourth-order valence-electron chi connectivity index (χ4n) is 8.67. The summed E-state index contributed by atoms with van der Waals surface area (Å²) in [5, 5.41) is 0. The molecule has 0 saturated carbocycles. The Labute approximate surface area is 475 Å². The summed E-state index contributed by atoms with van der Waals surface area (Å²) < 4.78 is 16.8. The molecule has 438 valence electrons. The molecule has 0 aliphatic heterocycles. The average Bonchev–Trinajstić information content (AvgIpc) is 3.43. The summed E-state index contributed by atoms with van der Waals surface area (Å²) in [7, 11) is 0. The van der Waals surface area contributed by atoms with Crippen molar-refractivity contribution in [3.05, 3.63) is 122 Å². The first-order chi connectivity index (χ1) is 38.0. The largest absolute Gasteiger partial charge is 0.462 e. The van der Waals surface area contributed by atoms with Crippen LogP contribution in [-0.4, -0.2) is 37.2 Å². The van der Waals surface area contributed by atoms with Crippen molar-refractivity contribution in [2.45, 2.75) is 297 Å². The Hall–Kier alpha value is -4.19. The molecule has 0 heterocycles. The van der Waals surface area contributed by atoms with Gasteiger partial charge in [0.1, 0.15) is 13.2 Å². The molecule has 0 aliphatic carbocycles. The van der Waals surface area contributed by atoms with Crippen LogP contribution < -0.4 is 0 Å². The molecule has 77 heavy (non-hydrogen) atoms. The molecular formula is C71H118O6. The van der Waals surface area contributed by atoms with E-state index in [4.69, 9.17) is 14.2 Å². The topological polar surface area (TPSA) is 78.9 Å². The number of unbranched alkanes of at least 4 members (excludes halogenated alkanes) is 27. The van der Waals surface area contributed by atoms with E-state index in [-0.39, 0.29) is 31.6 Å². The van der Waals surface area contributed by atoms with Crippen LogP contribution in [0.5, 0.6) is 0 Å². The molecule has 6 heteroatoms. The van der Waals surface area contributed by atoms with Crippen LogP contribution in [0.2, 0.25) is 0 Å². The van der Waals surface area contributed by atoms with E-state index >= 15 is 0 Å². The summed E-state index contributed by atoms with van der Waals surface area (Å²) in [6, 6.07) is 0. The minimum atomic E-state index is -0.828. The van der Waals surface area contributed by atoms with Gasteiger partial charge < -0.3 is 14.2 Å². The van der Waals surface area contributed by atoms with E-state index in [0.29, 0.717) is 12.8 Å². The van der Waals surface area contributed by atoms with E-state index in [9.17, 15) is 14.4 Å². The van der Waals surface area contributed by atoms with Crippen molar-refractivity contribution in [1.82, 2.24) is 0 Å². The lowest BCUT2D eigenvalue weighted by atomic mass is 10.1. The van der Waals surface area contributed by atoms with Crippen molar-refractivity contribution in [1.29, 1.82) is 0 Å². The van der Waals surface area contributed by atoms with E-state index in [1.165, 1.54) is 154 Å². The van der Waals surface area contributed by atoms with Gasteiger partial charge in [-0.3, -0.25) is 14.4 Å². The molecule has 0 fully saturated rings. The smallest absolute Gasteiger partial charge is 0.309 e. The van der Waals surface area contributed by atoms with Gasteiger partial charge in [0.2, 0.25) is 0 Å². The zero-order valence-electron chi connectivity index (χ0n) is 50.2. The van der Waals surface area contributed by atoms with Crippen molar-refractivity contribution in [3.63, 3.8) is 0 Å². The lowest BCUT2D eigenvalue weighted by Gasteiger charge is -2.18. The summed E-state index contributed by atoms with van der Waals surface area (Å²) in [4.78, 5) is 38.3. The summed E-state index contributed by atoms with van der Waals surface area (Å²) in [5.41, 5.74) is 0. The maximum absolute atomic E-state index is 12.9. The summed E-state index contributed by atoms with van der Waals surface area (Å²) >= 11 is 0. The second kappa shape index (κ2) is 64.3. The first-order valence-electron chi connectivity index (χ1n) is 32.0. The third-order valence-corrected chi connectivity index (χ3v) is 13.5. The molecule has 6 nitrogen and oxygen atoms in total. The standard InChI is InChI=1S/C71H118O6/c1-4-7-10-13-16-19-22-25-28-30-32-34-35-37-38-40-43-46-49-52-55-58-61-64-70(73)76-67-68(66-75-69(72)63-60-57-54-51-48-45-42-27-24-21-18-15-12-9-6-3)77-71(74)65-62-59-56-53-50-47-44-41-39-36-33-31-29-26-23-20-17-14-11-8-5-2/h9,12,18,21-23,25-27,30-33,35,37,42,48,51,57,60,68H,4-8,10-11,13-17,19-20,24,28-29,34,36,38-41,43-47,49-50,52-56,58-59,61-67H2,1-3H3/b12-9-,21-18-,25-22-,26-23-,32-30-,33-31-,37-35-,42-27-,51-48-,60-57-. The number of hydrogen-bond acceptors (Lipinski definition) is 6. The molecule has 0 aliphatic rings. The van der Waals surface area contributed by atoms with Crippen LogP contribution in [0.4, 0.5) is 0 Å². The van der Waals surface area contributed by atoms with E-state index in [0.717, 1.165) is 96.3 Å². The summed E-state index contributed by atoms with van der Waals surface area (Å²) in [5.74, 6) is -1.06. The minimum Gasteiger partial charge on any atom is -0.462 e. The third-order valence-electron chi connectivity index (χ3n) is 13.5. The monoisotopic (exact) mass is 1070 g/mol. The van der Waals surface area contributed by atoms with Crippen LogP contribution in [0.3, 0.4) is 0 Å². The highest BCUT2D eigenvalue weighted by Crippen LogP contribution is 2.15. The Balaban J connectivity index is 4.46. The lowest BCUT2D eigenvalue weighted by Crippen LogP contribution is -2.30. The molecular weight excluding hydrogens is 949 g/mol. The molecule has 0 saturated heterocycles. The normalized spacial score (nSPS) is 12.9. The second-order valence-electron chi connectivity index (χ2n) is 20.9. The van der Waals surface area contributed by atoms with Gasteiger partial charge in [0.05, 0.1) is 6.42 Å². The van der Waals surface area contributed by atoms with E-state index in [1.807, 2.05) is 6.08 Å². The van der Waals surface area contributed by atoms with Gasteiger partial charge in [-0.25, -0.2) is 0 Å². The summed E-state index contributed by atoms with van der Waals surface area (Å²) in [6.07, 6.45) is 89.4. The molecule has 0 spiro atoms. The Kier molecular flexibility index (Phi) is 60.8. The highest BCUT2D eigenvalue weighted by molar-refractivity contribution is 5.72. The van der Waals surface area contributed by atoms with Crippen molar-refractivity contribution in [2.75, 3.05) is 13.2 Å². The zero-order chi connectivity index (χ0) is 55.7. The lowest BCUT2D eigenvalue weighted by molar-refractivity contribution is -0.166. The molecule has 0 N–H and O–H groups in total. The molecule has 0 radical (unpaired) electrons. The molecule has 0 aromatic carbocycles. The first-order valence-corrected chi connectivity index (χ1v) is 32.0. The van der Waals surface area contributed by atoms with Crippen LogP contribution >= 0.6 is 0 Å². The predicted octanol–water partition coefficient (Wildman–Crippen LogP) is 22.0. The number of rotatable bonds is 57. The quantitative estimate of drug-likeness (QED) is 0.0261. The maximum atomic E-state index is 12.9. The van der Waals surface area contributed by atoms with Crippen molar-refractivity contribution in [3.8, 4) is 0 Å². The molecule has 0 aromatic heterocycles. The Morgan fingerprint density at radius 2 is 0.558 bits per heavy atom. The molecule has 1 atom stereocenters. The van der Waals surface area contributed by atoms with E-state index < -0.39 is 12.1 Å². The van der Waals surface area contributed by atoms with Crippen LogP contribution in [0.25, 0.3) is 0 Å². The van der Waals surface area contributed by atoms with Gasteiger partial charge in [0, 0.05) is 12.8 Å². The van der Waals surface area contributed by atoms with Gasteiger partial charge in [-0.2, -0.15) is 0 Å². The van der Waals surface area contributed by atoms with Crippen LogP contribution in [0.15, 0.2) is 122 Å². The Bertz CT molecular complexity index is 1600. The summed E-state index contributed by atoms with van der Waals surface area (Å²) in [6.45, 7) is 6.42. The Morgan fingerprint density at radius 3 is 0.909 bits per heavy atom. The highest BCUT2D eigenvalue weighted by Gasteiger charge is 2.19. The second-order valence-corrected chi connectivity index (χ2v) is 20.9. The number of allylic oxidation sites excluding steroid dienone is 19. The number of hydrogen-bond donors (Lipinski definition) is 0. The first kappa shape index (κ1) is 72.8.